The monoisotopic (exact) mass is 380 g/mol. The summed E-state index contributed by atoms with van der Waals surface area (Å²) in [6.07, 6.45) is 0.371. The fourth-order valence-corrected chi connectivity index (χ4v) is 3.00. The largest absolute Gasteiger partial charge is 0.468 e. The summed E-state index contributed by atoms with van der Waals surface area (Å²) in [6, 6.07) is 13.1. The molecule has 1 atom stereocenters. The molecule has 0 aromatic heterocycles. The quantitative estimate of drug-likeness (QED) is 0.773. The lowest BCUT2D eigenvalue weighted by Gasteiger charge is -2.14. The fraction of sp³-hybridized carbons (Fsp3) is 0.278. The first-order valence-electron chi connectivity index (χ1n) is 7.24. The van der Waals surface area contributed by atoms with Crippen molar-refractivity contribution in [2.75, 3.05) is 20.4 Å². The molecule has 0 aliphatic heterocycles. The second kappa shape index (κ2) is 8.22. The Morgan fingerprint density at radius 1 is 1.26 bits per heavy atom. The number of hydrogen-bond acceptors (Lipinski definition) is 3. The molecule has 0 heterocycles. The van der Waals surface area contributed by atoms with Crippen LogP contribution in [-0.4, -0.2) is 31.5 Å². The third-order valence-corrected chi connectivity index (χ3v) is 4.45. The molecule has 1 N–H and O–H groups in total. The normalized spacial score (nSPS) is 12.0. The van der Waals surface area contributed by atoms with Crippen molar-refractivity contribution < 1.29 is 19.0 Å². The van der Waals surface area contributed by atoms with Crippen molar-refractivity contribution in [3.8, 4) is 11.1 Å². The van der Waals surface area contributed by atoms with Gasteiger partial charge in [0.25, 0.3) is 0 Å². The number of methoxy groups -OCH3 is 1. The van der Waals surface area contributed by atoms with Gasteiger partial charge in [0.05, 0.1) is 20.4 Å². The molecule has 0 aliphatic rings. The Bertz CT molecular complexity index is 688. The first kappa shape index (κ1) is 17.6. The summed E-state index contributed by atoms with van der Waals surface area (Å²) in [6.45, 7) is -0.708. The molecule has 0 aliphatic carbocycles. The third kappa shape index (κ3) is 4.18. The Balaban J connectivity index is 2.36. The van der Waals surface area contributed by atoms with Gasteiger partial charge >= 0.3 is 5.97 Å². The molecule has 3 nitrogen and oxygen atoms in total. The van der Waals surface area contributed by atoms with Gasteiger partial charge in [0.1, 0.15) is 5.92 Å². The fourth-order valence-electron chi connectivity index (χ4n) is 2.42. The van der Waals surface area contributed by atoms with E-state index in [2.05, 4.69) is 15.9 Å². The summed E-state index contributed by atoms with van der Waals surface area (Å²) in [5.41, 5.74) is 3.47. The molecule has 23 heavy (non-hydrogen) atoms. The van der Waals surface area contributed by atoms with Crippen molar-refractivity contribution >= 4 is 21.9 Å². The molecule has 2 rings (SSSR count). The minimum absolute atomic E-state index is 0.310. The molecule has 0 saturated carbocycles. The number of halogens is 2. The first-order valence-corrected chi connectivity index (χ1v) is 8.03. The van der Waals surface area contributed by atoms with Gasteiger partial charge < -0.3 is 9.84 Å². The van der Waals surface area contributed by atoms with Crippen molar-refractivity contribution in [1.82, 2.24) is 0 Å². The number of aryl methyl sites for hydroxylation is 1. The van der Waals surface area contributed by atoms with E-state index >= 15 is 0 Å². The molecule has 5 heteroatoms. The highest BCUT2D eigenvalue weighted by atomic mass is 79.9. The Morgan fingerprint density at radius 2 is 2.00 bits per heavy atom. The highest BCUT2D eigenvalue weighted by Gasteiger charge is 2.20. The summed E-state index contributed by atoms with van der Waals surface area (Å²) in [4.78, 5) is 11.7. The Labute approximate surface area is 143 Å². The van der Waals surface area contributed by atoms with Gasteiger partial charge in [0.2, 0.25) is 0 Å². The summed E-state index contributed by atoms with van der Waals surface area (Å²) in [7, 11) is 1.30. The van der Waals surface area contributed by atoms with E-state index in [0.29, 0.717) is 12.0 Å². The molecular formula is C18H18BrFO3. The van der Waals surface area contributed by atoms with Crippen LogP contribution < -0.4 is 0 Å². The molecule has 0 saturated heterocycles. The van der Waals surface area contributed by atoms with Gasteiger partial charge in [0.15, 0.2) is 0 Å². The zero-order chi connectivity index (χ0) is 16.8. The number of aliphatic hydroxyl groups is 1. The summed E-state index contributed by atoms with van der Waals surface area (Å²) < 4.78 is 18.1. The predicted octanol–water partition coefficient (Wildman–Crippen LogP) is 3.88. The van der Waals surface area contributed by atoms with Gasteiger partial charge in [-0.1, -0.05) is 52.3 Å². The van der Waals surface area contributed by atoms with Crippen LogP contribution in [0.5, 0.6) is 0 Å². The molecule has 0 fully saturated rings. The summed E-state index contributed by atoms with van der Waals surface area (Å²) >= 11 is 3.46. The highest BCUT2D eigenvalue weighted by molar-refractivity contribution is 9.10. The van der Waals surface area contributed by atoms with E-state index in [1.807, 2.05) is 36.4 Å². The SMILES string of the molecule is COC(=O)C(CO)c1cccc(-c2ccc(CCF)c(Br)c2)c1. The molecule has 122 valence electrons. The zero-order valence-electron chi connectivity index (χ0n) is 12.8. The lowest BCUT2D eigenvalue weighted by Crippen LogP contribution is -2.17. The van der Waals surface area contributed by atoms with Crippen molar-refractivity contribution in [3.63, 3.8) is 0 Å². The van der Waals surface area contributed by atoms with Gasteiger partial charge in [-0.15, -0.1) is 0 Å². The van der Waals surface area contributed by atoms with Gasteiger partial charge in [-0.2, -0.15) is 0 Å². The average molecular weight is 381 g/mol. The van der Waals surface area contributed by atoms with Crippen molar-refractivity contribution in [3.05, 3.63) is 58.1 Å². The van der Waals surface area contributed by atoms with Crippen LogP contribution in [0.25, 0.3) is 11.1 Å². The maximum absolute atomic E-state index is 12.5. The number of carbonyl (C=O) groups is 1. The lowest BCUT2D eigenvalue weighted by atomic mass is 9.95. The van der Waals surface area contributed by atoms with Crippen LogP contribution in [0.3, 0.4) is 0 Å². The number of aliphatic hydroxyl groups excluding tert-OH is 1. The lowest BCUT2D eigenvalue weighted by molar-refractivity contribution is -0.143. The van der Waals surface area contributed by atoms with Gasteiger partial charge in [-0.3, -0.25) is 9.18 Å². The number of benzene rings is 2. The van der Waals surface area contributed by atoms with Crippen LogP contribution in [-0.2, 0) is 16.0 Å². The van der Waals surface area contributed by atoms with Crippen molar-refractivity contribution in [2.45, 2.75) is 12.3 Å². The Morgan fingerprint density at radius 3 is 2.61 bits per heavy atom. The predicted molar refractivity (Wildman–Crippen MR) is 91.1 cm³/mol. The van der Waals surface area contributed by atoms with Crippen LogP contribution in [0.4, 0.5) is 4.39 Å². The van der Waals surface area contributed by atoms with Gasteiger partial charge in [-0.05, 0) is 28.3 Å². The number of rotatable bonds is 6. The maximum atomic E-state index is 12.5. The van der Waals surface area contributed by atoms with Gasteiger partial charge in [0, 0.05) is 10.9 Å². The van der Waals surface area contributed by atoms with E-state index < -0.39 is 18.6 Å². The number of esters is 1. The van der Waals surface area contributed by atoms with Gasteiger partial charge in [-0.25, -0.2) is 0 Å². The molecule has 0 spiro atoms. The van der Waals surface area contributed by atoms with E-state index in [0.717, 1.165) is 21.2 Å². The van der Waals surface area contributed by atoms with E-state index in [1.54, 1.807) is 6.07 Å². The van der Waals surface area contributed by atoms with E-state index in [9.17, 15) is 14.3 Å². The second-order valence-corrected chi connectivity index (χ2v) is 5.98. The minimum Gasteiger partial charge on any atom is -0.468 e. The molecule has 1 unspecified atom stereocenters. The zero-order valence-corrected chi connectivity index (χ0v) is 14.3. The molecule has 0 bridgehead atoms. The number of alkyl halides is 1. The van der Waals surface area contributed by atoms with E-state index in [1.165, 1.54) is 7.11 Å². The highest BCUT2D eigenvalue weighted by Crippen LogP contribution is 2.29. The van der Waals surface area contributed by atoms with Crippen LogP contribution in [0, 0.1) is 0 Å². The summed E-state index contributed by atoms with van der Waals surface area (Å²) in [5, 5.41) is 9.44. The molecule has 0 amide bonds. The molecular weight excluding hydrogens is 363 g/mol. The number of ether oxygens (including phenoxy) is 1. The van der Waals surface area contributed by atoms with E-state index in [4.69, 9.17) is 4.74 Å². The Hall–Kier alpha value is -1.72. The topological polar surface area (TPSA) is 46.5 Å². The first-order chi connectivity index (χ1) is 11.1. The van der Waals surface area contributed by atoms with Crippen LogP contribution in [0.1, 0.15) is 17.0 Å². The van der Waals surface area contributed by atoms with Crippen molar-refractivity contribution in [2.24, 2.45) is 0 Å². The second-order valence-electron chi connectivity index (χ2n) is 5.13. The third-order valence-electron chi connectivity index (χ3n) is 3.71. The van der Waals surface area contributed by atoms with Crippen LogP contribution >= 0.6 is 15.9 Å². The van der Waals surface area contributed by atoms with E-state index in [-0.39, 0.29) is 6.61 Å². The molecule has 2 aromatic carbocycles. The molecule has 0 radical (unpaired) electrons. The van der Waals surface area contributed by atoms with Crippen LogP contribution in [0.15, 0.2) is 46.9 Å². The number of carbonyl (C=O) groups excluding carboxylic acids is 1. The molecule has 2 aromatic rings. The van der Waals surface area contributed by atoms with Crippen LogP contribution in [0.2, 0.25) is 0 Å². The maximum Gasteiger partial charge on any atom is 0.315 e. The number of hydrogen-bond donors (Lipinski definition) is 1. The minimum atomic E-state index is -0.700. The average Bonchev–Trinajstić information content (AvgIpc) is 2.57. The summed E-state index contributed by atoms with van der Waals surface area (Å²) in [5.74, 6) is -1.17. The standard InChI is InChI=1S/C18H18BrFO3/c1-23-18(22)16(11-21)15-4-2-3-13(9-15)14-6-5-12(7-8-20)17(19)10-14/h2-6,9-10,16,21H,7-8,11H2,1H3. The van der Waals surface area contributed by atoms with Crippen molar-refractivity contribution in [1.29, 1.82) is 0 Å². The Kier molecular flexibility index (Phi) is 6.30. The smallest absolute Gasteiger partial charge is 0.315 e.